The van der Waals surface area contributed by atoms with E-state index >= 15 is 0 Å². The van der Waals surface area contributed by atoms with Gasteiger partial charge in [0.25, 0.3) is 0 Å². The molecule has 0 spiro atoms. The lowest BCUT2D eigenvalue weighted by molar-refractivity contribution is -0.389. The Morgan fingerprint density at radius 2 is 1.92 bits per heavy atom. The molecular formula is C18H25N5O3. The molecule has 0 radical (unpaired) electrons. The molecule has 8 heteroatoms. The van der Waals surface area contributed by atoms with Crippen LogP contribution in [0.25, 0.3) is 0 Å². The number of nitrogens with zero attached hydrogens (tertiary/aromatic N) is 4. The first-order valence-corrected chi connectivity index (χ1v) is 8.70. The highest BCUT2D eigenvalue weighted by Crippen LogP contribution is 2.19. The van der Waals surface area contributed by atoms with Gasteiger partial charge in [-0.2, -0.15) is 4.68 Å². The molecule has 0 fully saturated rings. The molecule has 1 aromatic carbocycles. The highest BCUT2D eigenvalue weighted by Gasteiger charge is 2.20. The van der Waals surface area contributed by atoms with Crippen molar-refractivity contribution in [2.24, 2.45) is 5.92 Å². The van der Waals surface area contributed by atoms with E-state index in [2.05, 4.69) is 29.2 Å². The summed E-state index contributed by atoms with van der Waals surface area (Å²) in [6.45, 7) is 9.83. The van der Waals surface area contributed by atoms with Crippen molar-refractivity contribution in [3.8, 4) is 0 Å². The number of amides is 1. The van der Waals surface area contributed by atoms with Gasteiger partial charge in [-0.15, -0.1) is 0 Å². The molecule has 0 aliphatic heterocycles. The van der Waals surface area contributed by atoms with Crippen LogP contribution in [0.15, 0.2) is 30.3 Å². The summed E-state index contributed by atoms with van der Waals surface area (Å²) in [5, 5.41) is 17.6. The average Bonchev–Trinajstić information content (AvgIpc) is 2.98. The molecule has 2 rings (SSSR count). The third kappa shape index (κ3) is 4.59. The van der Waals surface area contributed by atoms with Crippen LogP contribution in [0.2, 0.25) is 0 Å². The van der Waals surface area contributed by atoms with E-state index < -0.39 is 4.92 Å². The van der Waals surface area contributed by atoms with Gasteiger partial charge in [0.15, 0.2) is 0 Å². The van der Waals surface area contributed by atoms with Crippen LogP contribution in [0.3, 0.4) is 0 Å². The third-order valence-corrected chi connectivity index (χ3v) is 4.31. The third-order valence-electron chi connectivity index (χ3n) is 4.31. The Balaban J connectivity index is 1.99. The normalized spacial score (nSPS) is 11.8. The molecule has 0 bridgehead atoms. The number of carbonyl (C=O) groups is 1. The van der Waals surface area contributed by atoms with Gasteiger partial charge in [-0.25, -0.2) is 0 Å². The Hall–Kier alpha value is -2.90. The van der Waals surface area contributed by atoms with Crippen molar-refractivity contribution in [3.05, 3.63) is 46.1 Å². The second-order valence-electron chi connectivity index (χ2n) is 6.19. The quantitative estimate of drug-likeness (QED) is 0.577. The van der Waals surface area contributed by atoms with Crippen LogP contribution < -0.4 is 10.2 Å². The largest absolute Gasteiger partial charge is 0.390 e. The molecule has 1 aromatic heterocycles. The zero-order chi connectivity index (χ0) is 19.3. The molecule has 140 valence electrons. The van der Waals surface area contributed by atoms with Gasteiger partial charge in [0, 0.05) is 24.5 Å². The summed E-state index contributed by atoms with van der Waals surface area (Å²) >= 11 is 0. The fourth-order valence-electron chi connectivity index (χ4n) is 2.72. The summed E-state index contributed by atoms with van der Waals surface area (Å²) in [4.78, 5) is 24.9. The standard InChI is InChI=1S/C18H25N5O3/c1-5-21(6-2)16-9-7-15(8-10-16)19-18(24)13(3)12-22-14(4)11-17(20-22)23(25)26/h7-11,13H,5-6,12H2,1-4H3,(H,19,24). The second-order valence-corrected chi connectivity index (χ2v) is 6.19. The van der Waals surface area contributed by atoms with Gasteiger partial charge in [0.2, 0.25) is 5.91 Å². The van der Waals surface area contributed by atoms with E-state index in [1.165, 1.54) is 10.7 Å². The highest BCUT2D eigenvalue weighted by molar-refractivity contribution is 5.92. The molecule has 0 saturated carbocycles. The van der Waals surface area contributed by atoms with E-state index in [1.807, 2.05) is 24.3 Å². The molecule has 0 saturated heterocycles. The molecule has 1 heterocycles. The van der Waals surface area contributed by atoms with Crippen LogP contribution in [-0.2, 0) is 11.3 Å². The van der Waals surface area contributed by atoms with Crippen molar-refractivity contribution in [1.29, 1.82) is 0 Å². The molecule has 0 aliphatic rings. The number of rotatable bonds is 8. The minimum atomic E-state index is -0.536. The van der Waals surface area contributed by atoms with Crippen LogP contribution >= 0.6 is 0 Å². The molecule has 1 amide bonds. The van der Waals surface area contributed by atoms with Crippen molar-refractivity contribution in [1.82, 2.24) is 9.78 Å². The Bertz CT molecular complexity index is 766. The van der Waals surface area contributed by atoms with Crippen LogP contribution in [0.1, 0.15) is 26.5 Å². The summed E-state index contributed by atoms with van der Waals surface area (Å²) in [5.41, 5.74) is 2.49. The van der Waals surface area contributed by atoms with Gasteiger partial charge < -0.3 is 20.3 Å². The van der Waals surface area contributed by atoms with Crippen LogP contribution in [-0.4, -0.2) is 33.7 Å². The van der Waals surface area contributed by atoms with Gasteiger partial charge in [0.1, 0.15) is 0 Å². The Labute approximate surface area is 153 Å². The van der Waals surface area contributed by atoms with E-state index in [0.717, 1.165) is 24.5 Å². The topological polar surface area (TPSA) is 93.3 Å². The van der Waals surface area contributed by atoms with E-state index in [0.29, 0.717) is 5.69 Å². The number of aryl methyl sites for hydroxylation is 1. The summed E-state index contributed by atoms with van der Waals surface area (Å²) in [6.07, 6.45) is 0. The first-order valence-electron chi connectivity index (χ1n) is 8.70. The van der Waals surface area contributed by atoms with Crippen molar-refractivity contribution < 1.29 is 9.72 Å². The van der Waals surface area contributed by atoms with Crippen LogP contribution in [0.5, 0.6) is 0 Å². The summed E-state index contributed by atoms with van der Waals surface area (Å²) < 4.78 is 1.49. The van der Waals surface area contributed by atoms with E-state index in [9.17, 15) is 14.9 Å². The lowest BCUT2D eigenvalue weighted by atomic mass is 10.1. The number of hydrogen-bond donors (Lipinski definition) is 1. The number of carbonyl (C=O) groups excluding carboxylic acids is 1. The van der Waals surface area contributed by atoms with Gasteiger partial charge in [-0.05, 0) is 50.0 Å². The van der Waals surface area contributed by atoms with Crippen molar-refractivity contribution >= 4 is 23.1 Å². The lowest BCUT2D eigenvalue weighted by Crippen LogP contribution is -2.25. The maximum atomic E-state index is 12.4. The molecular weight excluding hydrogens is 334 g/mol. The predicted molar refractivity (Wildman–Crippen MR) is 101 cm³/mol. The first kappa shape index (κ1) is 19.4. The van der Waals surface area contributed by atoms with Crippen LogP contribution in [0, 0.1) is 23.0 Å². The zero-order valence-electron chi connectivity index (χ0n) is 15.6. The Morgan fingerprint density at radius 3 is 2.42 bits per heavy atom. The number of hydrogen-bond acceptors (Lipinski definition) is 5. The highest BCUT2D eigenvalue weighted by atomic mass is 16.6. The van der Waals surface area contributed by atoms with Gasteiger partial charge in [-0.1, -0.05) is 6.92 Å². The number of benzene rings is 1. The zero-order valence-corrected chi connectivity index (χ0v) is 15.6. The van der Waals surface area contributed by atoms with Gasteiger partial charge >= 0.3 is 5.82 Å². The van der Waals surface area contributed by atoms with E-state index in [4.69, 9.17) is 0 Å². The first-order chi connectivity index (χ1) is 12.3. The number of nitro groups is 1. The van der Waals surface area contributed by atoms with Gasteiger partial charge in [-0.3, -0.25) is 4.79 Å². The maximum Gasteiger partial charge on any atom is 0.390 e. The molecule has 1 unspecified atom stereocenters. The summed E-state index contributed by atoms with van der Waals surface area (Å²) in [5.74, 6) is -0.740. The van der Waals surface area contributed by atoms with Crippen molar-refractivity contribution in [2.45, 2.75) is 34.2 Å². The minimum Gasteiger partial charge on any atom is -0.372 e. The Morgan fingerprint density at radius 1 is 1.31 bits per heavy atom. The molecule has 0 aliphatic carbocycles. The number of anilines is 2. The van der Waals surface area contributed by atoms with Crippen LogP contribution in [0.4, 0.5) is 17.2 Å². The smallest absolute Gasteiger partial charge is 0.372 e. The predicted octanol–water partition coefficient (Wildman–Crippen LogP) is 3.22. The van der Waals surface area contributed by atoms with E-state index in [-0.39, 0.29) is 24.2 Å². The minimum absolute atomic E-state index is 0.154. The molecule has 26 heavy (non-hydrogen) atoms. The summed E-state index contributed by atoms with van der Waals surface area (Å²) in [7, 11) is 0. The molecule has 2 aromatic rings. The average molecular weight is 359 g/mol. The second kappa shape index (κ2) is 8.46. The fraction of sp³-hybridized carbons (Fsp3) is 0.444. The number of aromatic nitrogens is 2. The monoisotopic (exact) mass is 359 g/mol. The molecule has 1 atom stereocenters. The number of nitrogens with one attached hydrogen (secondary N) is 1. The maximum absolute atomic E-state index is 12.4. The summed E-state index contributed by atoms with van der Waals surface area (Å²) in [6, 6.07) is 9.11. The van der Waals surface area contributed by atoms with E-state index in [1.54, 1.807) is 13.8 Å². The fourth-order valence-corrected chi connectivity index (χ4v) is 2.72. The van der Waals surface area contributed by atoms with Crippen molar-refractivity contribution in [2.75, 3.05) is 23.3 Å². The SMILES string of the molecule is CCN(CC)c1ccc(NC(=O)C(C)Cn2nc([N+](=O)[O-])cc2C)cc1. The Kier molecular flexibility index (Phi) is 6.32. The van der Waals surface area contributed by atoms with Crippen molar-refractivity contribution in [3.63, 3.8) is 0 Å². The molecule has 1 N–H and O–H groups in total. The lowest BCUT2D eigenvalue weighted by Gasteiger charge is -2.21. The molecule has 8 nitrogen and oxygen atoms in total. The van der Waals surface area contributed by atoms with Gasteiger partial charge in [0.05, 0.1) is 29.3 Å².